The lowest BCUT2D eigenvalue weighted by atomic mass is 9.95. The maximum absolute atomic E-state index is 11.9. The summed E-state index contributed by atoms with van der Waals surface area (Å²) in [6, 6.07) is 7.54. The standard InChI is InChI=1S/C17H24O5/c1-4-5-10-22-15-9-7-6-8-13(15)11-14(17(19)21-3)12-16(18)20-2/h6-9,14H,4-5,10-12H2,1-3H3. The fraction of sp³-hybridized carbons (Fsp3) is 0.529. The molecule has 1 unspecified atom stereocenters. The van der Waals surface area contributed by atoms with Crippen LogP contribution >= 0.6 is 0 Å². The van der Waals surface area contributed by atoms with Gasteiger partial charge in [-0.05, 0) is 24.5 Å². The van der Waals surface area contributed by atoms with Crippen molar-refractivity contribution in [3.8, 4) is 5.75 Å². The van der Waals surface area contributed by atoms with E-state index in [-0.39, 0.29) is 6.42 Å². The van der Waals surface area contributed by atoms with E-state index in [2.05, 4.69) is 11.7 Å². The van der Waals surface area contributed by atoms with Gasteiger partial charge in [-0.2, -0.15) is 0 Å². The lowest BCUT2D eigenvalue weighted by molar-refractivity contribution is -0.152. The Bertz CT molecular complexity index is 484. The topological polar surface area (TPSA) is 61.8 Å². The molecule has 0 saturated heterocycles. The molecule has 0 amide bonds. The van der Waals surface area contributed by atoms with E-state index < -0.39 is 17.9 Å². The highest BCUT2D eigenvalue weighted by atomic mass is 16.5. The molecule has 0 bridgehead atoms. The summed E-state index contributed by atoms with van der Waals surface area (Å²) in [4.78, 5) is 23.3. The Hall–Kier alpha value is -2.04. The van der Waals surface area contributed by atoms with Crippen molar-refractivity contribution in [3.05, 3.63) is 29.8 Å². The highest BCUT2D eigenvalue weighted by Crippen LogP contribution is 2.24. The number of para-hydroxylation sites is 1. The molecule has 122 valence electrons. The molecule has 0 spiro atoms. The van der Waals surface area contributed by atoms with E-state index in [1.165, 1.54) is 14.2 Å². The predicted octanol–water partition coefficient (Wildman–Crippen LogP) is 2.76. The van der Waals surface area contributed by atoms with E-state index in [1.54, 1.807) is 0 Å². The first kappa shape index (κ1) is 18.0. The van der Waals surface area contributed by atoms with Crippen LogP contribution in [-0.2, 0) is 25.5 Å². The number of carbonyl (C=O) groups excluding carboxylic acids is 2. The average molecular weight is 308 g/mol. The number of esters is 2. The van der Waals surface area contributed by atoms with E-state index in [4.69, 9.17) is 9.47 Å². The maximum Gasteiger partial charge on any atom is 0.309 e. The molecule has 0 aliphatic carbocycles. The number of hydrogen-bond donors (Lipinski definition) is 0. The zero-order valence-electron chi connectivity index (χ0n) is 13.5. The third-order valence-electron chi connectivity index (χ3n) is 3.37. The van der Waals surface area contributed by atoms with E-state index in [9.17, 15) is 9.59 Å². The van der Waals surface area contributed by atoms with Crippen molar-refractivity contribution < 1.29 is 23.8 Å². The SMILES string of the molecule is CCCCOc1ccccc1CC(CC(=O)OC)C(=O)OC. The Morgan fingerprint density at radius 1 is 1.14 bits per heavy atom. The average Bonchev–Trinajstić information content (AvgIpc) is 2.55. The minimum absolute atomic E-state index is 0.00747. The Morgan fingerprint density at radius 2 is 1.86 bits per heavy atom. The van der Waals surface area contributed by atoms with Gasteiger partial charge in [-0.25, -0.2) is 0 Å². The van der Waals surface area contributed by atoms with Gasteiger partial charge < -0.3 is 14.2 Å². The van der Waals surface area contributed by atoms with Crippen molar-refractivity contribution in [2.24, 2.45) is 5.92 Å². The first-order valence-corrected chi connectivity index (χ1v) is 7.47. The third-order valence-corrected chi connectivity index (χ3v) is 3.37. The van der Waals surface area contributed by atoms with Crippen LogP contribution in [0.4, 0.5) is 0 Å². The van der Waals surface area contributed by atoms with Gasteiger partial charge in [0.05, 0.1) is 33.2 Å². The molecular weight excluding hydrogens is 284 g/mol. The second-order valence-corrected chi connectivity index (χ2v) is 5.01. The number of hydrogen-bond acceptors (Lipinski definition) is 5. The van der Waals surface area contributed by atoms with Crippen LogP contribution in [0.2, 0.25) is 0 Å². The van der Waals surface area contributed by atoms with Gasteiger partial charge in [-0.1, -0.05) is 31.5 Å². The Morgan fingerprint density at radius 3 is 2.50 bits per heavy atom. The molecule has 1 atom stereocenters. The molecule has 5 nitrogen and oxygen atoms in total. The summed E-state index contributed by atoms with van der Waals surface area (Å²) in [5.74, 6) is -0.684. The number of unbranched alkanes of at least 4 members (excludes halogenated alkanes) is 1. The van der Waals surface area contributed by atoms with E-state index >= 15 is 0 Å². The molecule has 1 aromatic rings. The Labute approximate surface area is 131 Å². The van der Waals surface area contributed by atoms with Crippen molar-refractivity contribution in [2.45, 2.75) is 32.6 Å². The molecule has 0 heterocycles. The van der Waals surface area contributed by atoms with Gasteiger partial charge in [0, 0.05) is 0 Å². The van der Waals surface area contributed by atoms with Crippen LogP contribution in [0.1, 0.15) is 31.7 Å². The van der Waals surface area contributed by atoms with Crippen molar-refractivity contribution in [1.29, 1.82) is 0 Å². The monoisotopic (exact) mass is 308 g/mol. The van der Waals surface area contributed by atoms with Crippen LogP contribution in [-0.4, -0.2) is 32.8 Å². The largest absolute Gasteiger partial charge is 0.493 e. The highest BCUT2D eigenvalue weighted by Gasteiger charge is 2.24. The van der Waals surface area contributed by atoms with Gasteiger partial charge in [0.25, 0.3) is 0 Å². The summed E-state index contributed by atoms with van der Waals surface area (Å²) in [6.45, 7) is 2.73. The first-order chi connectivity index (χ1) is 10.6. The van der Waals surface area contributed by atoms with Crippen LogP contribution in [0.25, 0.3) is 0 Å². The molecule has 1 aromatic carbocycles. The predicted molar refractivity (Wildman–Crippen MR) is 82.7 cm³/mol. The van der Waals surface area contributed by atoms with Crippen molar-refractivity contribution >= 4 is 11.9 Å². The Kier molecular flexibility index (Phi) is 8.04. The quantitative estimate of drug-likeness (QED) is 0.518. The van der Waals surface area contributed by atoms with Crippen molar-refractivity contribution in [2.75, 3.05) is 20.8 Å². The summed E-state index contributed by atoms with van der Waals surface area (Å²) in [5.41, 5.74) is 0.887. The molecule has 0 radical (unpaired) electrons. The second-order valence-electron chi connectivity index (χ2n) is 5.01. The molecule has 1 rings (SSSR count). The van der Waals surface area contributed by atoms with E-state index in [0.29, 0.717) is 13.0 Å². The van der Waals surface area contributed by atoms with Gasteiger partial charge >= 0.3 is 11.9 Å². The third kappa shape index (κ3) is 5.76. The van der Waals surface area contributed by atoms with Crippen LogP contribution in [0.5, 0.6) is 5.75 Å². The highest BCUT2D eigenvalue weighted by molar-refractivity contribution is 5.80. The summed E-state index contributed by atoms with van der Waals surface area (Å²) in [7, 11) is 2.62. The van der Waals surface area contributed by atoms with Gasteiger partial charge in [0.1, 0.15) is 5.75 Å². The minimum atomic E-state index is -0.576. The normalized spacial score (nSPS) is 11.6. The number of ether oxygens (including phenoxy) is 3. The van der Waals surface area contributed by atoms with Crippen molar-refractivity contribution in [3.63, 3.8) is 0 Å². The van der Waals surface area contributed by atoms with Crippen molar-refractivity contribution in [1.82, 2.24) is 0 Å². The zero-order valence-corrected chi connectivity index (χ0v) is 13.5. The lowest BCUT2D eigenvalue weighted by Gasteiger charge is -2.16. The van der Waals surface area contributed by atoms with Crippen LogP contribution in [0.3, 0.4) is 0 Å². The maximum atomic E-state index is 11.9. The molecule has 0 N–H and O–H groups in total. The zero-order chi connectivity index (χ0) is 16.4. The summed E-state index contributed by atoms with van der Waals surface area (Å²) in [6.07, 6.45) is 2.39. The molecule has 22 heavy (non-hydrogen) atoms. The van der Waals surface area contributed by atoms with Crippen LogP contribution < -0.4 is 4.74 Å². The van der Waals surface area contributed by atoms with Gasteiger partial charge in [-0.3, -0.25) is 9.59 Å². The number of carbonyl (C=O) groups is 2. The van der Waals surface area contributed by atoms with Crippen LogP contribution in [0.15, 0.2) is 24.3 Å². The van der Waals surface area contributed by atoms with Crippen LogP contribution in [0, 0.1) is 5.92 Å². The number of benzene rings is 1. The van der Waals surface area contributed by atoms with Gasteiger partial charge in [-0.15, -0.1) is 0 Å². The second kappa shape index (κ2) is 9.82. The fourth-order valence-electron chi connectivity index (χ4n) is 2.10. The van der Waals surface area contributed by atoms with E-state index in [1.807, 2.05) is 24.3 Å². The molecular formula is C17H24O5. The van der Waals surface area contributed by atoms with Gasteiger partial charge in [0.2, 0.25) is 0 Å². The summed E-state index contributed by atoms with van der Waals surface area (Å²) in [5, 5.41) is 0. The summed E-state index contributed by atoms with van der Waals surface area (Å²) < 4.78 is 15.2. The molecule has 0 aromatic heterocycles. The number of methoxy groups -OCH3 is 2. The van der Waals surface area contributed by atoms with Gasteiger partial charge in [0.15, 0.2) is 0 Å². The first-order valence-electron chi connectivity index (χ1n) is 7.47. The molecule has 0 aliphatic rings. The molecule has 0 saturated carbocycles. The lowest BCUT2D eigenvalue weighted by Crippen LogP contribution is -2.23. The van der Waals surface area contributed by atoms with E-state index in [0.717, 1.165) is 24.2 Å². The summed E-state index contributed by atoms with van der Waals surface area (Å²) >= 11 is 0. The molecule has 5 heteroatoms. The smallest absolute Gasteiger partial charge is 0.309 e. The molecule has 0 aliphatic heterocycles. The number of rotatable bonds is 9. The fourth-order valence-corrected chi connectivity index (χ4v) is 2.10. The molecule has 0 fully saturated rings. The Balaban J connectivity index is 2.83. The minimum Gasteiger partial charge on any atom is -0.493 e.